The van der Waals surface area contributed by atoms with Crippen molar-refractivity contribution in [2.45, 2.75) is 261 Å². The Labute approximate surface area is 749 Å². The highest BCUT2D eigenvalue weighted by Crippen LogP contribution is 2.40. The lowest BCUT2D eigenvalue weighted by Crippen LogP contribution is -2.61. The summed E-state index contributed by atoms with van der Waals surface area (Å²) in [4.78, 5) is 249. The number of aliphatic hydroxyl groups is 1. The molecule has 1 unspecified atom stereocenters. The van der Waals surface area contributed by atoms with Crippen LogP contribution in [0.5, 0.6) is 5.75 Å². The van der Waals surface area contributed by atoms with E-state index in [1.54, 1.807) is 71.3 Å². The smallest absolute Gasteiger partial charge is 0.249 e. The Hall–Kier alpha value is -11.7. The normalized spacial score (nSPS) is 25.8. The van der Waals surface area contributed by atoms with E-state index in [-0.39, 0.29) is 126 Å². The van der Waals surface area contributed by atoms with Crippen molar-refractivity contribution in [3.05, 3.63) is 102 Å². The Morgan fingerprint density at radius 2 is 1.07 bits per heavy atom. The zero-order chi connectivity index (χ0) is 93.5. The second-order valence-corrected chi connectivity index (χ2v) is 36.0. The predicted molar refractivity (Wildman–Crippen MR) is 479 cm³/mol. The molecule has 37 nitrogen and oxygen atoms in total. The molecule has 1 saturated carbocycles. The number of aromatic amines is 2. The van der Waals surface area contributed by atoms with E-state index in [0.29, 0.717) is 70.6 Å². The van der Waals surface area contributed by atoms with Gasteiger partial charge in [0, 0.05) is 99.9 Å². The number of phenolic OH excluding ortho intramolecular Hbond substituents is 1. The minimum absolute atomic E-state index is 0.00466. The molecule has 4 aliphatic rings. The maximum absolute atomic E-state index is 15.8. The number of aromatic hydroxyl groups is 1. The minimum Gasteiger partial charge on any atom is -0.508 e. The summed E-state index contributed by atoms with van der Waals surface area (Å²) in [5, 5.41) is 50.6. The van der Waals surface area contributed by atoms with Crippen molar-refractivity contribution in [3.8, 4) is 5.75 Å². The Morgan fingerprint density at radius 1 is 0.555 bits per heavy atom. The third-order valence-electron chi connectivity index (χ3n) is 24.2. The van der Waals surface area contributed by atoms with Gasteiger partial charge in [-0.25, -0.2) is 0 Å². The summed E-state index contributed by atoms with van der Waals surface area (Å²) in [5.41, 5.74) is 13.2. The highest BCUT2D eigenvalue weighted by molar-refractivity contribution is 8.00. The summed E-state index contributed by atoms with van der Waals surface area (Å²) in [6, 6.07) is 2.35. The second kappa shape index (κ2) is 46.4. The number of likely N-dealkylation sites (N-methyl/N-ethyl adjacent to an activating group) is 3. The molecule has 3 saturated heterocycles. The highest BCUT2D eigenvalue weighted by Gasteiger charge is 2.56. The number of aliphatic hydroxyl groups excluding tert-OH is 1. The summed E-state index contributed by atoms with van der Waals surface area (Å²) in [7, 11) is 4.15. The first-order valence-corrected chi connectivity index (χ1v) is 45.6. The molecule has 3 aliphatic heterocycles. The van der Waals surface area contributed by atoms with Gasteiger partial charge in [0.2, 0.25) is 94.5 Å². The number of benzene rings is 3. The molecule has 16 amide bonds. The van der Waals surface area contributed by atoms with Crippen LogP contribution in [0.4, 0.5) is 0 Å². The number of para-hydroxylation sites is 2. The summed E-state index contributed by atoms with van der Waals surface area (Å²) in [5.74, 6) is -14.1. The van der Waals surface area contributed by atoms with Gasteiger partial charge in [0.15, 0.2) is 0 Å². The van der Waals surface area contributed by atoms with E-state index in [2.05, 4.69) is 63.1 Å². The molecule has 9 rings (SSSR count). The fourth-order valence-corrected chi connectivity index (χ4v) is 17.5. The van der Waals surface area contributed by atoms with Gasteiger partial charge in [-0.05, 0) is 130 Å². The Bertz CT molecular complexity index is 4800. The van der Waals surface area contributed by atoms with Gasteiger partial charge >= 0.3 is 0 Å². The number of hydrogen-bond donors (Lipinski definition) is 16. The number of thioether (sulfide) groups is 1. The van der Waals surface area contributed by atoms with Crippen LogP contribution in [0.3, 0.4) is 0 Å². The molecule has 14 atom stereocenters. The number of unbranched alkanes of at least 4 members (excludes halogenated alkanes) is 2. The van der Waals surface area contributed by atoms with Gasteiger partial charge in [0.05, 0.1) is 18.4 Å². The van der Waals surface area contributed by atoms with Gasteiger partial charge in [-0.3, -0.25) is 76.7 Å². The molecule has 0 radical (unpaired) electrons. The largest absolute Gasteiger partial charge is 0.508 e. The number of phenols is 1. The van der Waals surface area contributed by atoms with E-state index in [1.165, 1.54) is 67.0 Å². The Kier molecular flexibility index (Phi) is 36.3. The first-order chi connectivity index (χ1) is 60.9. The quantitative estimate of drug-likeness (QED) is 0.0458. The van der Waals surface area contributed by atoms with E-state index in [1.807, 2.05) is 38.1 Å². The van der Waals surface area contributed by atoms with Crippen molar-refractivity contribution in [2.24, 2.45) is 23.3 Å². The van der Waals surface area contributed by atoms with Crippen LogP contribution >= 0.6 is 11.8 Å². The number of rotatable bonds is 22. The van der Waals surface area contributed by atoms with E-state index < -0.39 is 197 Å². The number of nitrogens with zero attached hydrogens (tertiary/aromatic N) is 5. The molecule has 38 heteroatoms. The number of H-pyrrole nitrogens is 2. The van der Waals surface area contributed by atoms with Crippen molar-refractivity contribution in [2.75, 3.05) is 58.8 Å². The van der Waals surface area contributed by atoms with Crippen LogP contribution in [0.25, 0.3) is 21.8 Å². The lowest BCUT2D eigenvalue weighted by molar-refractivity contribution is -0.149. The fraction of sp³-hybridized carbons (Fsp3) is 0.578. The van der Waals surface area contributed by atoms with Crippen LogP contribution < -0.4 is 64.6 Å². The number of nitrogens with one attached hydrogen (secondary N) is 12. The Morgan fingerprint density at radius 3 is 1.66 bits per heavy atom. The summed E-state index contributed by atoms with van der Waals surface area (Å²) >= 11 is 0.847. The molecule has 18 N–H and O–H groups in total. The third-order valence-corrected chi connectivity index (χ3v) is 25.3. The van der Waals surface area contributed by atoms with E-state index >= 15 is 33.6 Å². The van der Waals surface area contributed by atoms with E-state index in [0.717, 1.165) is 21.6 Å². The third kappa shape index (κ3) is 26.3. The van der Waals surface area contributed by atoms with Crippen LogP contribution in [-0.4, -0.2) is 288 Å². The zero-order valence-electron chi connectivity index (χ0n) is 75.0. The molecule has 128 heavy (non-hydrogen) atoms. The molecule has 4 fully saturated rings. The monoisotopic (exact) mass is 1800 g/mol. The zero-order valence-corrected chi connectivity index (χ0v) is 75.8. The summed E-state index contributed by atoms with van der Waals surface area (Å²) < 4.78 is 0. The highest BCUT2D eigenvalue weighted by atomic mass is 32.2. The lowest BCUT2D eigenvalue weighted by Gasteiger charge is -2.36. The average molecular weight is 1800 g/mol. The van der Waals surface area contributed by atoms with Crippen LogP contribution in [0.2, 0.25) is 0 Å². The van der Waals surface area contributed by atoms with Gasteiger partial charge in [-0.15, -0.1) is 11.8 Å². The number of primary amides is 1. The molecule has 5 heterocycles. The van der Waals surface area contributed by atoms with E-state index in [4.69, 9.17) is 11.5 Å². The number of carbonyl (C=O) groups is 16. The van der Waals surface area contributed by atoms with Gasteiger partial charge < -0.3 is 109 Å². The van der Waals surface area contributed by atoms with Gasteiger partial charge in [0.1, 0.15) is 89.8 Å². The maximum atomic E-state index is 15.8. The van der Waals surface area contributed by atoms with Crippen molar-refractivity contribution in [1.29, 1.82) is 0 Å². The molecule has 698 valence electrons. The summed E-state index contributed by atoms with van der Waals surface area (Å²) in [6.45, 7) is 12.9. The van der Waals surface area contributed by atoms with Crippen molar-refractivity contribution >= 4 is 128 Å². The first kappa shape index (κ1) is 100. The van der Waals surface area contributed by atoms with Gasteiger partial charge in [-0.2, -0.15) is 0 Å². The first-order valence-electron chi connectivity index (χ1n) is 44.5. The lowest BCUT2D eigenvalue weighted by atomic mass is 9.99. The van der Waals surface area contributed by atoms with Crippen LogP contribution in [-0.2, 0) is 96.0 Å². The van der Waals surface area contributed by atoms with Crippen molar-refractivity contribution < 1.29 is 86.9 Å². The second-order valence-electron chi connectivity index (χ2n) is 35.0. The topological polar surface area (TPSA) is 534 Å². The number of amides is 16. The Balaban J connectivity index is 1.07. The molecule has 3 aromatic carbocycles. The van der Waals surface area contributed by atoms with E-state index in [9.17, 15) is 53.4 Å². The number of hydrogen-bond acceptors (Lipinski definition) is 20. The molecule has 5 aromatic rings. The number of carbonyl (C=O) groups excluding carboxylic acids is 16. The van der Waals surface area contributed by atoms with Crippen molar-refractivity contribution in [1.82, 2.24) is 87.6 Å². The molecule has 0 bridgehead atoms. The fourth-order valence-electron chi connectivity index (χ4n) is 16.7. The SMILES string of the molecule is CCCC[C@H]1C(=O)N(C)[C@@H](CCCC)C(=O)N[C@@H](CC(C)C)C(=O)N[C@H](C(=O)NCC(N)=O)CSCC(=O)N[C@@H](Cc2ccc(O)cc2)C(=O)N(C)[C@@H](C)C(=O)NC2(CC2)C(=O)N2CCC[C@H]2C(=O)N[C@@H](CC)C(=O)N[C@@H](CC(C)C)C(=O)N2C[C@H](O)C[C@H]2C(=O)NC(Cc2c[nH]c3ccccc23)C(=O)N[C@@H](CCN)C(=O)N[C@@H](Cc2c[nH]c3ccccc23)C(=O)N1C. The molecular formula is C90H129N19O18S. The number of fused-ring (bicyclic) bond motifs is 4. The molecule has 2 aromatic heterocycles. The molecule has 1 spiro atoms. The average Bonchev–Trinajstić information content (AvgIpc) is 1.59. The van der Waals surface area contributed by atoms with Gasteiger partial charge in [-0.1, -0.05) is 123 Å². The maximum Gasteiger partial charge on any atom is 0.249 e. The van der Waals surface area contributed by atoms with Gasteiger partial charge in [0.25, 0.3) is 0 Å². The van der Waals surface area contributed by atoms with Crippen LogP contribution in [0.15, 0.2) is 85.2 Å². The minimum atomic E-state index is -1.53. The predicted octanol–water partition coefficient (Wildman–Crippen LogP) is 0.943. The summed E-state index contributed by atoms with van der Waals surface area (Å²) in [6.07, 6.45) is 3.82. The van der Waals surface area contributed by atoms with Crippen LogP contribution in [0, 0.1) is 11.8 Å². The number of aromatic nitrogens is 2. The molecular weight excluding hydrogens is 1670 g/mol. The molecule has 1 aliphatic carbocycles. The van der Waals surface area contributed by atoms with Crippen LogP contribution in [0.1, 0.15) is 168 Å². The van der Waals surface area contributed by atoms with Crippen molar-refractivity contribution in [3.63, 3.8) is 0 Å². The number of nitrogens with two attached hydrogens (primary N) is 2. The standard InChI is InChI=1S/C90H129N19O18S/c1-12-15-26-70-82(120)99-64(38-50(4)5)80(118)103-69(77(115)95-46-74(92)112)48-128-49-75(113)96-67(40-53-29-31-56(110)32-30-53)85(123)105(9)52(8)76(114)104-90(34-35-90)89(127)108-37-21-28-71(108)83(121)97-60(14-3)78(116)101-66(39-51(6)7)87(125)109-47-57(111)43-73(109)84(122)100-65(41-54-44-93-61-24-19-17-22-58(54)61)81(119)98-63(33-36-91)79(117)102-68(42-55-45-94-62-25-20-18-23-59(55)62)86(124)107(11)72(27-16-13-2)88(126)106(70)10/h17-20,22-25,29-32,44-45,50-52,57,60,63-73,93-94,110-111H,12-16,21,26-28,33-43,46-49,91H2,1-11H3,(H2,92,112)(H,95,115)(H,96,113)(H,97,121)(H,98,119)(H,99,120)(H,100,122)(H,101,116)(H,102,117)(H,103,118)(H,104,114)/t52-,57+,60-,63-,64-,65?,66-,67-,68-,69-,70-,71-,72-,73-/m0/s1.